The van der Waals surface area contributed by atoms with Crippen molar-refractivity contribution in [2.24, 2.45) is 0 Å². The summed E-state index contributed by atoms with van der Waals surface area (Å²) in [4.78, 5) is 0. The van der Waals surface area contributed by atoms with Gasteiger partial charge in [0.1, 0.15) is 0 Å². The Kier molecular flexibility index (Phi) is 9.70. The van der Waals surface area contributed by atoms with E-state index in [-0.39, 0.29) is 13.5 Å². The molecule has 0 spiro atoms. The smallest absolute Gasteiger partial charge is 0.0621 e. The van der Waals surface area contributed by atoms with Gasteiger partial charge in [0.2, 0.25) is 0 Å². The molecule has 1 nitrogen and oxygen atoms in total. The molecule has 0 rings (SSSR count). The van der Waals surface area contributed by atoms with Crippen LogP contribution < -0.4 is 0 Å². The summed E-state index contributed by atoms with van der Waals surface area (Å²) in [7, 11) is -0.0582. The lowest BCUT2D eigenvalue weighted by molar-refractivity contribution is 0.953. The van der Waals surface area contributed by atoms with Gasteiger partial charge >= 0.3 is 0 Å². The van der Waals surface area contributed by atoms with Crippen molar-refractivity contribution in [2.75, 3.05) is 0 Å². The SMILES string of the molecule is C[Si](C)CCCC#N.F. The molecule has 0 amide bonds. The van der Waals surface area contributed by atoms with Crippen LogP contribution in [0.3, 0.4) is 0 Å². The summed E-state index contributed by atoms with van der Waals surface area (Å²) in [5.41, 5.74) is 0. The highest BCUT2D eigenvalue weighted by Crippen LogP contribution is 1.98. The second-order valence-corrected chi connectivity index (χ2v) is 5.13. The van der Waals surface area contributed by atoms with Gasteiger partial charge in [0.05, 0.1) is 6.07 Å². The van der Waals surface area contributed by atoms with Crippen molar-refractivity contribution in [1.82, 2.24) is 0 Å². The fraction of sp³-hybridized carbons (Fsp3) is 0.833. The van der Waals surface area contributed by atoms with Crippen molar-refractivity contribution in [3.63, 3.8) is 0 Å². The van der Waals surface area contributed by atoms with E-state index in [2.05, 4.69) is 19.2 Å². The second-order valence-electron chi connectivity index (χ2n) is 2.22. The summed E-state index contributed by atoms with van der Waals surface area (Å²) in [6.45, 7) is 4.56. The summed E-state index contributed by atoms with van der Waals surface area (Å²) in [5.74, 6) is 0. The van der Waals surface area contributed by atoms with E-state index in [9.17, 15) is 0 Å². The van der Waals surface area contributed by atoms with Gasteiger partial charge in [-0.25, -0.2) is 0 Å². The molecule has 0 aromatic carbocycles. The summed E-state index contributed by atoms with van der Waals surface area (Å²) in [5, 5.41) is 8.14. The molecule has 0 aliphatic carbocycles. The largest absolute Gasteiger partial charge is 0.269 e. The molecule has 9 heavy (non-hydrogen) atoms. The van der Waals surface area contributed by atoms with Gasteiger partial charge in [0.15, 0.2) is 0 Å². The van der Waals surface area contributed by atoms with Crippen molar-refractivity contribution in [3.05, 3.63) is 0 Å². The molecule has 0 aliphatic heterocycles. The molecule has 3 heteroatoms. The van der Waals surface area contributed by atoms with Gasteiger partial charge in [-0.3, -0.25) is 4.70 Å². The number of rotatable bonds is 3. The Morgan fingerprint density at radius 2 is 2.00 bits per heavy atom. The Hall–Kier alpha value is -0.363. The first-order chi connectivity index (χ1) is 3.77. The molecule has 0 saturated heterocycles. The number of halogens is 1. The molecule has 0 N–H and O–H groups in total. The standard InChI is InChI=1S/C6H12NSi.FH/c1-8(2)6-4-3-5-7;/h3-4,6H2,1-2H3;1H. The Morgan fingerprint density at radius 3 is 2.33 bits per heavy atom. The van der Waals surface area contributed by atoms with Crippen LogP contribution >= 0.6 is 0 Å². The number of nitrogens with zero attached hydrogens (tertiary/aromatic N) is 1. The van der Waals surface area contributed by atoms with Crippen molar-refractivity contribution in [1.29, 1.82) is 5.26 Å². The molecule has 0 aliphatic rings. The van der Waals surface area contributed by atoms with Crippen LogP contribution in [0.1, 0.15) is 12.8 Å². The molecule has 53 valence electrons. The van der Waals surface area contributed by atoms with E-state index in [1.165, 1.54) is 6.04 Å². The molecule has 0 saturated carbocycles. The minimum atomic E-state index is -0.0582. The molecule has 0 aromatic heterocycles. The normalized spacial score (nSPS) is 8.22. The number of nitriles is 1. The van der Waals surface area contributed by atoms with Crippen molar-refractivity contribution in [2.45, 2.75) is 32.0 Å². The first kappa shape index (κ1) is 11.4. The zero-order chi connectivity index (χ0) is 6.41. The average Bonchev–Trinajstić information content (AvgIpc) is 1.66. The van der Waals surface area contributed by atoms with E-state index in [0.717, 1.165) is 12.8 Å². The van der Waals surface area contributed by atoms with Gasteiger partial charge in [0.25, 0.3) is 0 Å². The lowest BCUT2D eigenvalue weighted by Gasteiger charge is -1.95. The maximum atomic E-state index is 8.14. The second kappa shape index (κ2) is 7.64. The fourth-order valence-electron chi connectivity index (χ4n) is 0.521. The Bertz CT molecular complexity index is 87.5. The van der Waals surface area contributed by atoms with Gasteiger partial charge in [0, 0.05) is 15.2 Å². The van der Waals surface area contributed by atoms with Crippen molar-refractivity contribution < 1.29 is 4.70 Å². The molecule has 0 fully saturated rings. The van der Waals surface area contributed by atoms with Gasteiger partial charge in [-0.1, -0.05) is 19.1 Å². The topological polar surface area (TPSA) is 23.8 Å². The van der Waals surface area contributed by atoms with Crippen LogP contribution in [0.25, 0.3) is 0 Å². The van der Waals surface area contributed by atoms with Crippen LogP contribution in [-0.2, 0) is 0 Å². The monoisotopic (exact) mass is 146 g/mol. The zero-order valence-corrected chi connectivity index (χ0v) is 6.98. The van der Waals surface area contributed by atoms with Gasteiger partial charge < -0.3 is 0 Å². The fourth-order valence-corrected chi connectivity index (χ4v) is 1.40. The predicted molar refractivity (Wildman–Crippen MR) is 39.6 cm³/mol. The van der Waals surface area contributed by atoms with Crippen LogP contribution in [0.2, 0.25) is 19.1 Å². The Labute approximate surface area is 57.7 Å². The van der Waals surface area contributed by atoms with Crippen molar-refractivity contribution in [3.8, 4) is 6.07 Å². The lowest BCUT2D eigenvalue weighted by atomic mass is 10.4. The van der Waals surface area contributed by atoms with Crippen LogP contribution in [0, 0.1) is 11.3 Å². The zero-order valence-electron chi connectivity index (χ0n) is 5.98. The first-order valence-corrected chi connectivity index (χ1v) is 5.64. The maximum absolute atomic E-state index is 8.14. The van der Waals surface area contributed by atoms with E-state index in [0.29, 0.717) is 0 Å². The quantitative estimate of drug-likeness (QED) is 0.442. The summed E-state index contributed by atoms with van der Waals surface area (Å²) in [6.07, 6.45) is 1.85. The summed E-state index contributed by atoms with van der Waals surface area (Å²) >= 11 is 0. The molecule has 0 bridgehead atoms. The van der Waals surface area contributed by atoms with Crippen LogP contribution in [0.5, 0.6) is 0 Å². The van der Waals surface area contributed by atoms with Crippen LogP contribution in [0.15, 0.2) is 0 Å². The van der Waals surface area contributed by atoms with E-state index >= 15 is 0 Å². The van der Waals surface area contributed by atoms with Crippen LogP contribution in [-0.4, -0.2) is 8.80 Å². The molecule has 0 heterocycles. The van der Waals surface area contributed by atoms with E-state index in [1.807, 2.05) is 0 Å². The molecule has 0 unspecified atom stereocenters. The molecule has 0 atom stereocenters. The number of hydrogen-bond donors (Lipinski definition) is 0. The summed E-state index contributed by atoms with van der Waals surface area (Å²) in [6, 6.07) is 3.43. The first-order valence-electron chi connectivity index (χ1n) is 2.93. The van der Waals surface area contributed by atoms with Gasteiger partial charge in [-0.15, -0.1) is 0 Å². The molecular formula is C6H13FNSi. The highest BCUT2D eigenvalue weighted by atomic mass is 28.3. The minimum Gasteiger partial charge on any atom is -0.269 e. The van der Waals surface area contributed by atoms with E-state index in [4.69, 9.17) is 5.26 Å². The molecule has 0 aromatic rings. The maximum Gasteiger partial charge on any atom is 0.0621 e. The van der Waals surface area contributed by atoms with E-state index in [1.54, 1.807) is 0 Å². The van der Waals surface area contributed by atoms with Crippen molar-refractivity contribution >= 4 is 8.80 Å². The third kappa shape index (κ3) is 11.3. The Morgan fingerprint density at radius 1 is 1.44 bits per heavy atom. The third-order valence-corrected chi connectivity index (χ3v) is 2.32. The lowest BCUT2D eigenvalue weighted by Crippen LogP contribution is -1.96. The predicted octanol–water partition coefficient (Wildman–Crippen LogP) is 2.20. The van der Waals surface area contributed by atoms with Gasteiger partial charge in [-0.2, -0.15) is 5.26 Å². The van der Waals surface area contributed by atoms with Crippen LogP contribution in [0.4, 0.5) is 4.70 Å². The molecule has 1 radical (unpaired) electrons. The van der Waals surface area contributed by atoms with E-state index < -0.39 is 0 Å². The average molecular weight is 146 g/mol. The minimum absolute atomic E-state index is 0. The molecular weight excluding hydrogens is 133 g/mol. The number of hydrogen-bond acceptors (Lipinski definition) is 1. The highest BCUT2D eigenvalue weighted by Gasteiger charge is 1.92. The number of unbranched alkanes of at least 4 members (excludes halogenated alkanes) is 1. The summed E-state index contributed by atoms with van der Waals surface area (Å²) < 4.78 is 0. The third-order valence-electron chi connectivity index (χ3n) is 0.965. The Balaban J connectivity index is 0. The highest BCUT2D eigenvalue weighted by molar-refractivity contribution is 6.55. The van der Waals surface area contributed by atoms with Gasteiger partial charge in [-0.05, 0) is 6.42 Å².